The zero-order valence-corrected chi connectivity index (χ0v) is 55.3. The Morgan fingerprint density at radius 1 is 0.557 bits per heavy atom. The van der Waals surface area contributed by atoms with Crippen molar-refractivity contribution in [1.82, 2.24) is 15.0 Å². The second-order valence-corrected chi connectivity index (χ2v) is 23.7. The summed E-state index contributed by atoms with van der Waals surface area (Å²) in [5.41, 5.74) is 16.2. The van der Waals surface area contributed by atoms with Gasteiger partial charge >= 0.3 is 39.9 Å². The maximum atomic E-state index is 10.8. The van der Waals surface area contributed by atoms with Gasteiger partial charge in [-0.3, -0.25) is 9.98 Å². The topological polar surface area (TPSA) is 220 Å². The van der Waals surface area contributed by atoms with Gasteiger partial charge in [-0.15, -0.1) is 11.4 Å². The van der Waals surface area contributed by atoms with Crippen LogP contribution in [-0.4, -0.2) is 160 Å². The molecule has 1 radical (unpaired) electrons. The number of aryl methyl sites for hydroxylation is 1. The third-order valence-corrected chi connectivity index (χ3v) is 18.5. The monoisotopic (exact) mass is 1360 g/mol. The van der Waals surface area contributed by atoms with E-state index in [0.29, 0.717) is 172 Å². The van der Waals surface area contributed by atoms with Crippen molar-refractivity contribution < 1.29 is 103 Å². The summed E-state index contributed by atoms with van der Waals surface area (Å²) in [6.07, 6.45) is 15.5. The van der Waals surface area contributed by atoms with E-state index in [1.54, 1.807) is 19.5 Å². The smallest absolute Gasteiger partial charge is 0.664 e. The van der Waals surface area contributed by atoms with Crippen LogP contribution >= 0.6 is 0 Å². The Balaban J connectivity index is 0.0000100. The van der Waals surface area contributed by atoms with Gasteiger partial charge in [0.25, 0.3) is 0 Å². The standard InChI is InChI=1S/C69H96N5O13.Gd/c1-7-50-51(8-2)59-41-61-53(12-10-22-76)47(4)65(74-61)45-71-63-43-67(66(86-37-34-83-30-25-79-24-23-78-6)42-62(63)70-44-64-46(3)52(11-9-21-75)60(73-64)40-58(50)72-59)87-38-35-84-32-29-81-27-26-80-28-31-82-33-36-85-49-14-16-54-48(39-49)13-15-56-55(54)19-20-69(5)57(56)17-18-68(69)77;/h14,16,39,42-45,55-57,68,75-77H,7-13,15,17-38,40-41H2,1-6H3;/q-3;+3. The van der Waals surface area contributed by atoms with E-state index in [1.807, 2.05) is 12.1 Å². The summed E-state index contributed by atoms with van der Waals surface area (Å²) in [7, 11) is 1.64. The van der Waals surface area contributed by atoms with Crippen LogP contribution in [0.3, 0.4) is 0 Å². The molecule has 3 aromatic heterocycles. The Morgan fingerprint density at radius 2 is 1.02 bits per heavy atom. The van der Waals surface area contributed by atoms with Crippen molar-refractivity contribution >= 4 is 23.8 Å². The molecule has 18 nitrogen and oxygen atoms in total. The Labute approximate surface area is 553 Å². The molecule has 2 saturated carbocycles. The van der Waals surface area contributed by atoms with Crippen molar-refractivity contribution in [3.05, 3.63) is 109 Å². The summed E-state index contributed by atoms with van der Waals surface area (Å²) < 4.78 is 58.7. The van der Waals surface area contributed by atoms with E-state index in [9.17, 15) is 15.3 Å². The van der Waals surface area contributed by atoms with Gasteiger partial charge in [0.1, 0.15) is 25.6 Å². The van der Waals surface area contributed by atoms with Crippen molar-refractivity contribution in [3.63, 3.8) is 0 Å². The molecule has 88 heavy (non-hydrogen) atoms. The third kappa shape index (κ3) is 18.0. The predicted molar refractivity (Wildman–Crippen MR) is 335 cm³/mol. The van der Waals surface area contributed by atoms with Crippen LogP contribution in [0.2, 0.25) is 0 Å². The predicted octanol–water partition coefficient (Wildman–Crippen LogP) is 8.95. The average molecular weight is 1360 g/mol. The van der Waals surface area contributed by atoms with Gasteiger partial charge in [-0.2, -0.15) is 22.8 Å². The second kappa shape index (κ2) is 35.7. The van der Waals surface area contributed by atoms with Gasteiger partial charge in [-0.1, -0.05) is 60.2 Å². The van der Waals surface area contributed by atoms with Crippen molar-refractivity contribution in [2.45, 2.75) is 137 Å². The molecule has 19 heteroatoms. The van der Waals surface area contributed by atoms with Crippen molar-refractivity contribution in [3.8, 4) is 17.2 Å². The SMILES string of the molecule is CCc1c2[n-]c(c1CC)Cc1[n-]c(c(C)c1CCCO)C=Nc1cc(OCCOCCOCCOCCOCCOc3ccc4c(c3)CCC3C4CCC4(C)C(O)CCC34)c(OCCOCCOCCOC)cc1N=Cc1[n-]c(c(CCCO)c1C)C2.[Gd+3]. The fourth-order valence-electron chi connectivity index (χ4n) is 13.9. The molecule has 0 spiro atoms. The number of benzene rings is 2. The van der Waals surface area contributed by atoms with Crippen molar-refractivity contribution in [2.75, 3.05) is 126 Å². The van der Waals surface area contributed by atoms with Crippen LogP contribution in [0.1, 0.15) is 150 Å². The maximum Gasteiger partial charge on any atom is 3.00 e. The van der Waals surface area contributed by atoms with Crippen LogP contribution in [0.5, 0.6) is 17.2 Å². The number of ether oxygens (including phenoxy) is 10. The van der Waals surface area contributed by atoms with Gasteiger partial charge in [-0.25, -0.2) is 0 Å². The largest absolute Gasteiger partial charge is 3.00 e. The molecule has 5 aromatic rings. The number of aliphatic imine (C=N–C) groups is 2. The molecule has 4 aliphatic rings. The molecule has 6 bridgehead atoms. The summed E-state index contributed by atoms with van der Waals surface area (Å²) in [6.45, 7) is 17.5. The van der Waals surface area contributed by atoms with Gasteiger partial charge in [0, 0.05) is 44.9 Å². The van der Waals surface area contributed by atoms with Crippen LogP contribution in [0, 0.1) is 71.0 Å². The van der Waals surface area contributed by atoms with Crippen LogP contribution in [0.15, 0.2) is 40.3 Å². The summed E-state index contributed by atoms with van der Waals surface area (Å²) in [4.78, 5) is 25.9. The minimum Gasteiger partial charge on any atom is -0.664 e. The van der Waals surface area contributed by atoms with Crippen LogP contribution in [0.25, 0.3) is 0 Å². The maximum absolute atomic E-state index is 10.8. The van der Waals surface area contributed by atoms with Gasteiger partial charge in [0.2, 0.25) is 0 Å². The van der Waals surface area contributed by atoms with E-state index >= 15 is 0 Å². The quantitative estimate of drug-likeness (QED) is 0.0316. The molecule has 3 N–H and O–H groups in total. The molecule has 2 aromatic carbocycles. The number of nitrogens with zero attached hydrogens (tertiary/aromatic N) is 5. The summed E-state index contributed by atoms with van der Waals surface area (Å²) in [5, 5.41) is 30.7. The van der Waals surface area contributed by atoms with Gasteiger partial charge in [-0.05, 0) is 150 Å². The van der Waals surface area contributed by atoms with Gasteiger partial charge in [0.15, 0.2) is 11.5 Å². The third-order valence-electron chi connectivity index (χ3n) is 18.5. The Kier molecular flexibility index (Phi) is 28.3. The van der Waals surface area contributed by atoms with Gasteiger partial charge < -0.3 is 77.6 Å². The molecule has 5 unspecified atom stereocenters. The molecule has 0 saturated heterocycles. The number of hydrogen-bond acceptors (Lipinski definition) is 15. The molecule has 483 valence electrons. The van der Waals surface area contributed by atoms with E-state index < -0.39 is 0 Å². The minimum absolute atomic E-state index is 0. The molecular weight excluding hydrogens is 1260 g/mol. The number of aliphatic hydroxyl groups is 3. The van der Waals surface area contributed by atoms with Crippen molar-refractivity contribution in [1.29, 1.82) is 0 Å². The van der Waals surface area contributed by atoms with Crippen LogP contribution in [-0.2, 0) is 78.1 Å². The fraction of sp³-hybridized carbons (Fsp3) is 0.623. The van der Waals surface area contributed by atoms with E-state index in [4.69, 9.17) is 72.3 Å². The number of hydrogen-bond donors (Lipinski definition) is 3. The van der Waals surface area contributed by atoms with E-state index in [-0.39, 0.29) is 77.9 Å². The zero-order chi connectivity index (χ0) is 61.0. The first-order valence-corrected chi connectivity index (χ1v) is 32.2. The Hall–Kier alpha value is -4.06. The summed E-state index contributed by atoms with van der Waals surface area (Å²) in [6, 6.07) is 10.3. The first kappa shape index (κ1) is 69.8. The van der Waals surface area contributed by atoms with E-state index in [0.717, 1.165) is 101 Å². The summed E-state index contributed by atoms with van der Waals surface area (Å²) >= 11 is 0. The van der Waals surface area contributed by atoms with E-state index in [2.05, 4.69) is 52.8 Å². The summed E-state index contributed by atoms with van der Waals surface area (Å²) in [5.74, 6) is 3.74. The molecule has 3 aliphatic carbocycles. The minimum atomic E-state index is -0.142. The fourth-order valence-corrected chi connectivity index (χ4v) is 13.9. The molecule has 1 aliphatic heterocycles. The van der Waals surface area contributed by atoms with E-state index in [1.165, 1.54) is 35.1 Å². The Morgan fingerprint density at radius 3 is 1.50 bits per heavy atom. The number of aromatic nitrogens is 3. The number of fused-ring (bicyclic) bond motifs is 12. The Bertz CT molecular complexity index is 3010. The number of methoxy groups -OCH3 is 1. The van der Waals surface area contributed by atoms with Crippen molar-refractivity contribution in [2.24, 2.45) is 27.2 Å². The number of rotatable bonds is 35. The van der Waals surface area contributed by atoms with Crippen LogP contribution < -0.4 is 29.2 Å². The molecule has 4 heterocycles. The average Bonchev–Trinajstić information content (AvgIpc) is 2.20. The van der Waals surface area contributed by atoms with Crippen LogP contribution in [0.4, 0.5) is 11.4 Å². The molecule has 5 atom stereocenters. The molecule has 2 fully saturated rings. The molecule has 9 rings (SSSR count). The van der Waals surface area contributed by atoms with Gasteiger partial charge in [0.05, 0.1) is 103 Å². The second-order valence-electron chi connectivity index (χ2n) is 23.7. The zero-order valence-electron chi connectivity index (χ0n) is 53.0. The normalized spacial score (nSPS) is 19.4. The molecular formula is C69H96GdN5O13. The molecule has 0 amide bonds. The number of aliphatic hydroxyl groups excluding tert-OH is 3. The first-order valence-electron chi connectivity index (χ1n) is 32.2. The first-order chi connectivity index (χ1) is 42.6.